The van der Waals surface area contributed by atoms with Gasteiger partial charge in [0.15, 0.2) is 16.6 Å². The van der Waals surface area contributed by atoms with Crippen LogP contribution in [0.3, 0.4) is 0 Å². The number of carbonyl (C=O) groups excluding carboxylic acids is 1. The highest BCUT2D eigenvalue weighted by molar-refractivity contribution is 7.89. The Morgan fingerprint density at radius 1 is 0.672 bits per heavy atom. The van der Waals surface area contributed by atoms with Crippen LogP contribution in [0.15, 0.2) is 58.3 Å². The lowest BCUT2D eigenvalue weighted by Crippen LogP contribution is -2.45. The largest absolute Gasteiger partial charge is 0.468 e. The number of halogens is 6. The van der Waals surface area contributed by atoms with E-state index in [9.17, 15) is 53.1 Å². The Kier molecular flexibility index (Phi) is 15.1. The van der Waals surface area contributed by atoms with E-state index in [1.807, 2.05) is 33.9 Å². The maximum absolute atomic E-state index is 13.1. The Morgan fingerprint density at radius 2 is 1.02 bits per heavy atom. The van der Waals surface area contributed by atoms with E-state index >= 15 is 0 Å². The molecule has 58 heavy (non-hydrogen) atoms. The van der Waals surface area contributed by atoms with Gasteiger partial charge in [0.05, 0.1) is 52.9 Å². The van der Waals surface area contributed by atoms with Crippen molar-refractivity contribution in [1.82, 2.24) is 8.61 Å². The van der Waals surface area contributed by atoms with Gasteiger partial charge in [-0.1, -0.05) is 41.5 Å². The second-order valence-electron chi connectivity index (χ2n) is 17.5. The van der Waals surface area contributed by atoms with E-state index in [4.69, 9.17) is 13.6 Å². The molecule has 0 saturated carbocycles. The van der Waals surface area contributed by atoms with E-state index in [1.54, 1.807) is 0 Å². The summed E-state index contributed by atoms with van der Waals surface area (Å²) in [5, 5.41) is 9.50. The van der Waals surface area contributed by atoms with Gasteiger partial charge in [-0.15, -0.1) is 0 Å². The summed E-state index contributed by atoms with van der Waals surface area (Å²) >= 11 is 0. The molecule has 0 spiro atoms. The van der Waals surface area contributed by atoms with Gasteiger partial charge in [0, 0.05) is 19.5 Å². The lowest BCUT2D eigenvalue weighted by Gasteiger charge is -2.38. The van der Waals surface area contributed by atoms with Crippen LogP contribution < -0.4 is 0 Å². The third kappa shape index (κ3) is 11.5. The zero-order valence-electron chi connectivity index (χ0n) is 34.7. The highest BCUT2D eigenvalue weighted by atomic mass is 32.2. The molecule has 1 N–H and O–H groups in total. The molecule has 0 bridgehead atoms. The average Bonchev–Trinajstić information content (AvgIpc) is 3.71. The fourth-order valence-electron chi connectivity index (χ4n) is 5.95. The standard InChI is InChI=1S/C19H28F3NO5SSi.C18H28F3NO4SSi/c1-18(2,3)30(5,6)28-14-11-16(17(24)27-4)23(12-14)29(25,26)15-9-7-13(8-10-15)19(20,21)22;1-17(2,3)28(4,5)26-15-10-14(12-23)22(11-15)27(24,25)16-8-6-13(7-9-16)18(19,20)21/h7-10,14,16H,11-12H2,1-6H3;6-9,14-15,23H,10-12H2,1-5H3/t14-,16+;14-,15+/m10/s1. The molecule has 11 nitrogen and oxygen atoms in total. The summed E-state index contributed by atoms with van der Waals surface area (Å²) in [6.07, 6.45) is -9.51. The smallest absolute Gasteiger partial charge is 0.416 e. The Balaban J connectivity index is 0.000000311. The maximum atomic E-state index is 13.1. The molecule has 0 aromatic heterocycles. The number of hydrogen-bond acceptors (Lipinski definition) is 9. The van der Waals surface area contributed by atoms with Crippen molar-refractivity contribution in [3.8, 4) is 0 Å². The van der Waals surface area contributed by atoms with Gasteiger partial charge in [0.1, 0.15) is 6.04 Å². The van der Waals surface area contributed by atoms with Crippen molar-refractivity contribution >= 4 is 42.7 Å². The molecule has 2 aliphatic rings. The molecule has 21 heteroatoms. The second kappa shape index (κ2) is 17.5. The molecule has 0 radical (unpaired) electrons. The fourth-order valence-corrected chi connectivity index (χ4v) is 11.9. The summed E-state index contributed by atoms with van der Waals surface area (Å²) in [5.74, 6) is -0.730. The van der Waals surface area contributed by atoms with Crippen molar-refractivity contribution in [3.05, 3.63) is 59.7 Å². The SMILES string of the molecule is CC(C)(C)[Si](C)(C)O[C@@H]1C[C@@H](CO)N(S(=O)(=O)c2ccc(C(F)(F)F)cc2)C1.COC(=O)[C@@H]1C[C@@H](O[Si](C)(C)C(C)(C)C)CN1S(=O)(=O)c1ccc(C(F)(F)F)cc1. The van der Waals surface area contributed by atoms with Crippen LogP contribution in [-0.4, -0.2) is 104 Å². The Labute approximate surface area is 340 Å². The van der Waals surface area contributed by atoms with Crippen LogP contribution in [0.2, 0.25) is 36.3 Å². The van der Waals surface area contributed by atoms with E-state index < -0.39 is 84.3 Å². The van der Waals surface area contributed by atoms with Gasteiger partial charge in [0.2, 0.25) is 20.0 Å². The molecule has 4 rings (SSSR count). The quantitative estimate of drug-likeness (QED) is 0.143. The van der Waals surface area contributed by atoms with Crippen molar-refractivity contribution < 1.29 is 66.7 Å². The molecule has 2 aromatic carbocycles. The van der Waals surface area contributed by atoms with Crippen molar-refractivity contribution in [2.45, 2.75) is 137 Å². The Bertz CT molecular complexity index is 1950. The summed E-state index contributed by atoms with van der Waals surface area (Å²) in [6.45, 7) is 20.2. The van der Waals surface area contributed by atoms with Gasteiger partial charge < -0.3 is 18.7 Å². The van der Waals surface area contributed by atoms with E-state index in [2.05, 4.69) is 33.9 Å². The maximum Gasteiger partial charge on any atom is 0.416 e. The number of aliphatic hydroxyl groups is 1. The number of nitrogens with zero attached hydrogens (tertiary/aromatic N) is 2. The van der Waals surface area contributed by atoms with Crippen molar-refractivity contribution in [2.24, 2.45) is 0 Å². The highest BCUT2D eigenvalue weighted by Crippen LogP contribution is 2.41. The molecule has 0 unspecified atom stereocenters. The monoisotopic (exact) mass is 906 g/mol. The topological polar surface area (TPSA) is 140 Å². The van der Waals surface area contributed by atoms with Crippen LogP contribution in [0, 0.1) is 0 Å². The number of rotatable bonds is 10. The number of alkyl halides is 6. The Hall–Kier alpha value is -2.38. The summed E-state index contributed by atoms with van der Waals surface area (Å²) in [7, 11) is -11.5. The van der Waals surface area contributed by atoms with Crippen molar-refractivity contribution in [1.29, 1.82) is 0 Å². The zero-order valence-corrected chi connectivity index (χ0v) is 38.3. The van der Waals surface area contributed by atoms with Gasteiger partial charge in [-0.25, -0.2) is 16.8 Å². The summed E-state index contributed by atoms with van der Waals surface area (Å²) < 4.78 is 148. The van der Waals surface area contributed by atoms with Crippen molar-refractivity contribution in [3.63, 3.8) is 0 Å². The van der Waals surface area contributed by atoms with Gasteiger partial charge in [0.25, 0.3) is 0 Å². The van der Waals surface area contributed by atoms with Crippen molar-refractivity contribution in [2.75, 3.05) is 26.8 Å². The predicted molar refractivity (Wildman–Crippen MR) is 211 cm³/mol. The van der Waals surface area contributed by atoms with Crippen LogP contribution >= 0.6 is 0 Å². The normalized spacial score (nSPS) is 22.1. The number of methoxy groups -OCH3 is 1. The minimum absolute atomic E-state index is 0.0541. The summed E-state index contributed by atoms with van der Waals surface area (Å²) in [4.78, 5) is 11.7. The first-order valence-corrected chi connectivity index (χ1v) is 27.2. The first-order valence-electron chi connectivity index (χ1n) is 18.5. The van der Waals surface area contributed by atoms with Gasteiger partial charge in [-0.05, 0) is 91.2 Å². The lowest BCUT2D eigenvalue weighted by atomic mass is 10.2. The van der Waals surface area contributed by atoms with Crippen LogP contribution in [0.4, 0.5) is 26.3 Å². The molecule has 330 valence electrons. The van der Waals surface area contributed by atoms with Gasteiger partial charge >= 0.3 is 18.3 Å². The summed E-state index contributed by atoms with van der Waals surface area (Å²) in [5.41, 5.74) is -1.86. The molecule has 2 saturated heterocycles. The van der Waals surface area contributed by atoms with Crippen LogP contribution in [-0.2, 0) is 50.8 Å². The molecule has 2 aromatic rings. The average molecular weight is 907 g/mol. The molecule has 2 heterocycles. The first kappa shape index (κ1) is 50.0. The highest BCUT2D eigenvalue weighted by Gasteiger charge is 2.49. The van der Waals surface area contributed by atoms with E-state index in [-0.39, 0.29) is 52.1 Å². The van der Waals surface area contributed by atoms with E-state index in [0.29, 0.717) is 18.6 Å². The molecule has 0 aliphatic carbocycles. The fraction of sp³-hybridized carbons (Fsp3) is 0.649. The number of esters is 1. The third-order valence-corrected chi connectivity index (χ3v) is 24.2. The number of ether oxygens (including phenoxy) is 1. The Morgan fingerprint density at radius 3 is 1.34 bits per heavy atom. The molecule has 2 fully saturated rings. The number of benzene rings is 2. The van der Waals surface area contributed by atoms with Crippen LogP contribution in [0.1, 0.15) is 65.5 Å². The third-order valence-electron chi connectivity index (χ3n) is 11.3. The van der Waals surface area contributed by atoms with Crippen LogP contribution in [0.25, 0.3) is 0 Å². The summed E-state index contributed by atoms with van der Waals surface area (Å²) in [6, 6.07) is 4.85. The van der Waals surface area contributed by atoms with Gasteiger partial charge in [-0.2, -0.15) is 35.0 Å². The molecule has 4 atom stereocenters. The van der Waals surface area contributed by atoms with Crippen LogP contribution in [0.5, 0.6) is 0 Å². The number of aliphatic hydroxyl groups excluding tert-OH is 1. The number of hydrogen-bond donors (Lipinski definition) is 1. The van der Waals surface area contributed by atoms with Gasteiger partial charge in [-0.3, -0.25) is 4.79 Å². The minimum Gasteiger partial charge on any atom is -0.468 e. The zero-order chi connectivity index (χ0) is 44.7. The predicted octanol–water partition coefficient (Wildman–Crippen LogP) is 7.88. The number of sulfonamides is 2. The number of carbonyl (C=O) groups is 1. The molecular formula is C37H56F6N2O9S2Si2. The first-order chi connectivity index (χ1) is 26.1. The molecule has 0 amide bonds. The minimum atomic E-state index is -4.58. The van der Waals surface area contributed by atoms with E-state index in [0.717, 1.165) is 52.1 Å². The molecule has 2 aliphatic heterocycles. The molecular weight excluding hydrogens is 851 g/mol. The van der Waals surface area contributed by atoms with E-state index in [1.165, 1.54) is 0 Å². The second-order valence-corrected chi connectivity index (χ2v) is 30.8. The lowest BCUT2D eigenvalue weighted by molar-refractivity contribution is -0.144.